The van der Waals surface area contributed by atoms with Crippen LogP contribution in [0.5, 0.6) is 0 Å². The molecule has 43 heavy (non-hydrogen) atoms. The van der Waals surface area contributed by atoms with Crippen molar-refractivity contribution in [3.05, 3.63) is 158 Å². The molecular formula is C39H26N4. The monoisotopic (exact) mass is 550 g/mol. The molecule has 0 radical (unpaired) electrons. The molecule has 0 saturated heterocycles. The average Bonchev–Trinajstić information content (AvgIpc) is 3.43. The van der Waals surface area contributed by atoms with Gasteiger partial charge in [-0.25, -0.2) is 4.98 Å². The van der Waals surface area contributed by atoms with Crippen LogP contribution in [0.4, 0.5) is 0 Å². The number of benzene rings is 4. The lowest BCUT2D eigenvalue weighted by molar-refractivity contribution is 1.17. The first kappa shape index (κ1) is 24.9. The molecule has 4 heterocycles. The number of para-hydroxylation sites is 1. The van der Waals surface area contributed by atoms with E-state index in [-0.39, 0.29) is 0 Å². The minimum Gasteiger partial charge on any atom is -0.309 e. The predicted octanol–water partition coefficient (Wildman–Crippen LogP) is 9.64. The number of hydrogen-bond donors (Lipinski definition) is 0. The van der Waals surface area contributed by atoms with E-state index in [0.717, 1.165) is 50.2 Å². The van der Waals surface area contributed by atoms with E-state index in [9.17, 15) is 0 Å². The van der Waals surface area contributed by atoms with Crippen molar-refractivity contribution in [2.24, 2.45) is 0 Å². The number of aromatic nitrogens is 4. The highest BCUT2D eigenvalue weighted by Gasteiger charge is 2.13. The first-order chi connectivity index (χ1) is 21.3. The smallest absolute Gasteiger partial charge is 0.0731 e. The summed E-state index contributed by atoms with van der Waals surface area (Å²) in [5, 5.41) is 2.35. The summed E-state index contributed by atoms with van der Waals surface area (Å²) in [5.74, 6) is 0. The van der Waals surface area contributed by atoms with E-state index in [0.29, 0.717) is 0 Å². The van der Waals surface area contributed by atoms with Crippen LogP contribution in [0.15, 0.2) is 158 Å². The van der Waals surface area contributed by atoms with Crippen molar-refractivity contribution in [1.82, 2.24) is 19.5 Å². The van der Waals surface area contributed by atoms with Gasteiger partial charge in [0.15, 0.2) is 0 Å². The van der Waals surface area contributed by atoms with Gasteiger partial charge in [0.25, 0.3) is 0 Å². The van der Waals surface area contributed by atoms with Crippen LogP contribution in [0, 0.1) is 0 Å². The van der Waals surface area contributed by atoms with Crippen LogP contribution in [0.2, 0.25) is 0 Å². The molecule has 8 rings (SSSR count). The molecule has 0 unspecified atom stereocenters. The van der Waals surface area contributed by atoms with Gasteiger partial charge in [0.2, 0.25) is 0 Å². The highest BCUT2D eigenvalue weighted by molar-refractivity contribution is 6.08. The van der Waals surface area contributed by atoms with Crippen molar-refractivity contribution in [2.45, 2.75) is 0 Å². The summed E-state index contributed by atoms with van der Waals surface area (Å²) in [7, 11) is 0. The fourth-order valence-electron chi connectivity index (χ4n) is 5.87. The van der Waals surface area contributed by atoms with Gasteiger partial charge in [0.05, 0.1) is 22.4 Å². The number of rotatable bonds is 5. The molecule has 8 aromatic rings. The van der Waals surface area contributed by atoms with Gasteiger partial charge < -0.3 is 4.57 Å². The Labute approximate surface area is 249 Å². The second-order valence-corrected chi connectivity index (χ2v) is 10.6. The van der Waals surface area contributed by atoms with E-state index in [2.05, 4.69) is 136 Å². The summed E-state index contributed by atoms with van der Waals surface area (Å²) in [6.45, 7) is 0. The second-order valence-electron chi connectivity index (χ2n) is 10.6. The Balaban J connectivity index is 1.22. The summed E-state index contributed by atoms with van der Waals surface area (Å²) in [6, 6.07) is 46.8. The third kappa shape index (κ3) is 4.55. The molecule has 4 heteroatoms. The maximum Gasteiger partial charge on any atom is 0.0731 e. The average molecular weight is 551 g/mol. The lowest BCUT2D eigenvalue weighted by atomic mass is 9.98. The zero-order valence-electron chi connectivity index (χ0n) is 23.3. The van der Waals surface area contributed by atoms with Crippen LogP contribution in [-0.2, 0) is 0 Å². The fourth-order valence-corrected chi connectivity index (χ4v) is 5.87. The molecule has 0 aliphatic carbocycles. The van der Waals surface area contributed by atoms with Crippen LogP contribution in [0.3, 0.4) is 0 Å². The van der Waals surface area contributed by atoms with Gasteiger partial charge in [-0.3, -0.25) is 9.97 Å². The molecule has 0 aliphatic heterocycles. The molecule has 0 N–H and O–H groups in total. The second kappa shape index (κ2) is 10.5. The Kier molecular flexibility index (Phi) is 6.08. The Morgan fingerprint density at radius 1 is 0.395 bits per heavy atom. The zero-order chi connectivity index (χ0) is 28.6. The first-order valence-electron chi connectivity index (χ1n) is 14.3. The van der Waals surface area contributed by atoms with Crippen LogP contribution in [0.25, 0.3) is 72.3 Å². The van der Waals surface area contributed by atoms with Gasteiger partial charge >= 0.3 is 0 Å². The molecule has 4 aromatic heterocycles. The highest BCUT2D eigenvalue weighted by atomic mass is 15.0. The summed E-state index contributed by atoms with van der Waals surface area (Å²) in [4.78, 5) is 13.8. The topological polar surface area (TPSA) is 43.6 Å². The Morgan fingerprint density at radius 2 is 1.00 bits per heavy atom. The molecule has 0 saturated carbocycles. The quantitative estimate of drug-likeness (QED) is 0.214. The molecule has 0 aliphatic rings. The molecule has 0 atom stereocenters. The largest absolute Gasteiger partial charge is 0.309 e. The predicted molar refractivity (Wildman–Crippen MR) is 176 cm³/mol. The van der Waals surface area contributed by atoms with Crippen molar-refractivity contribution in [2.75, 3.05) is 0 Å². The van der Waals surface area contributed by atoms with Gasteiger partial charge in [0.1, 0.15) is 0 Å². The standard InChI is InChI=1S/C39H26N4/c1-2-7-27(8-3-1)28-12-14-30(15-13-28)36-23-32(24-37(42-36)31-9-6-21-40-25-31)29-16-18-33(19-17-29)43-38-11-5-4-10-34(38)35-26-41-22-20-39(35)43/h1-26H. The molecule has 4 nitrogen and oxygen atoms in total. The molecule has 0 fully saturated rings. The Bertz CT molecular complexity index is 2150. The molecule has 4 aromatic carbocycles. The van der Waals surface area contributed by atoms with E-state index < -0.39 is 0 Å². The summed E-state index contributed by atoms with van der Waals surface area (Å²) in [5.41, 5.74) is 11.9. The number of fused-ring (bicyclic) bond motifs is 3. The van der Waals surface area contributed by atoms with Gasteiger partial charge in [-0.2, -0.15) is 0 Å². The van der Waals surface area contributed by atoms with E-state index in [1.54, 1.807) is 6.20 Å². The van der Waals surface area contributed by atoms with Crippen LogP contribution in [-0.4, -0.2) is 19.5 Å². The summed E-state index contributed by atoms with van der Waals surface area (Å²) >= 11 is 0. The zero-order valence-corrected chi connectivity index (χ0v) is 23.3. The number of pyridine rings is 3. The molecule has 0 spiro atoms. The van der Waals surface area contributed by atoms with Crippen molar-refractivity contribution >= 4 is 21.8 Å². The van der Waals surface area contributed by atoms with E-state index in [1.807, 2.05) is 30.7 Å². The van der Waals surface area contributed by atoms with Gasteiger partial charge in [-0.05, 0) is 70.8 Å². The van der Waals surface area contributed by atoms with Crippen LogP contribution >= 0.6 is 0 Å². The molecule has 0 bridgehead atoms. The minimum atomic E-state index is 0.895. The van der Waals surface area contributed by atoms with Crippen molar-refractivity contribution < 1.29 is 0 Å². The minimum absolute atomic E-state index is 0.895. The Morgan fingerprint density at radius 3 is 1.79 bits per heavy atom. The molecule has 0 amide bonds. The normalized spacial score (nSPS) is 11.3. The van der Waals surface area contributed by atoms with Gasteiger partial charge in [0, 0.05) is 52.4 Å². The van der Waals surface area contributed by atoms with Gasteiger partial charge in [-0.15, -0.1) is 0 Å². The number of hydrogen-bond acceptors (Lipinski definition) is 3. The maximum atomic E-state index is 5.08. The van der Waals surface area contributed by atoms with E-state index in [4.69, 9.17) is 4.98 Å². The molecular weight excluding hydrogens is 524 g/mol. The number of nitrogens with zero attached hydrogens (tertiary/aromatic N) is 4. The fraction of sp³-hybridized carbons (Fsp3) is 0. The SMILES string of the molecule is c1ccc(-c2ccc(-c3cc(-c4ccc(-n5c6ccccc6c6cnccc65)cc4)cc(-c4cccnc4)n3)cc2)cc1. The lowest BCUT2D eigenvalue weighted by Crippen LogP contribution is -1.94. The van der Waals surface area contributed by atoms with E-state index >= 15 is 0 Å². The van der Waals surface area contributed by atoms with Crippen LogP contribution < -0.4 is 0 Å². The third-order valence-electron chi connectivity index (χ3n) is 8.00. The van der Waals surface area contributed by atoms with Gasteiger partial charge in [-0.1, -0.05) is 84.9 Å². The van der Waals surface area contributed by atoms with Crippen LogP contribution in [0.1, 0.15) is 0 Å². The van der Waals surface area contributed by atoms with Crippen molar-refractivity contribution in [3.63, 3.8) is 0 Å². The first-order valence-corrected chi connectivity index (χ1v) is 14.3. The summed E-state index contributed by atoms with van der Waals surface area (Å²) in [6.07, 6.45) is 7.47. The highest BCUT2D eigenvalue weighted by Crippen LogP contribution is 2.34. The lowest BCUT2D eigenvalue weighted by Gasteiger charge is -2.12. The Hall–Kier alpha value is -5.87. The third-order valence-corrected chi connectivity index (χ3v) is 8.00. The van der Waals surface area contributed by atoms with Crippen molar-refractivity contribution in [3.8, 4) is 50.5 Å². The van der Waals surface area contributed by atoms with E-state index in [1.165, 1.54) is 22.0 Å². The summed E-state index contributed by atoms with van der Waals surface area (Å²) < 4.78 is 2.31. The maximum absolute atomic E-state index is 5.08. The molecule has 202 valence electrons. The van der Waals surface area contributed by atoms with Crippen molar-refractivity contribution in [1.29, 1.82) is 0 Å².